The van der Waals surface area contributed by atoms with Crippen molar-refractivity contribution in [1.29, 1.82) is 0 Å². The van der Waals surface area contributed by atoms with E-state index in [9.17, 15) is 0 Å². The van der Waals surface area contributed by atoms with Crippen LogP contribution in [0.4, 0.5) is 0 Å². The van der Waals surface area contributed by atoms with Gasteiger partial charge in [0.25, 0.3) is 0 Å². The zero-order chi connectivity index (χ0) is 12.0. The Labute approximate surface area is 107 Å². The second kappa shape index (κ2) is 6.48. The summed E-state index contributed by atoms with van der Waals surface area (Å²) in [7, 11) is 0. The van der Waals surface area contributed by atoms with Gasteiger partial charge in [-0.2, -0.15) is 0 Å². The second-order valence-electron chi connectivity index (χ2n) is 4.33. The Hall–Kier alpha value is -0.250. The van der Waals surface area contributed by atoms with E-state index in [1.54, 1.807) is 18.0 Å². The van der Waals surface area contributed by atoms with Gasteiger partial charge in [-0.25, -0.2) is 4.98 Å². The van der Waals surface area contributed by atoms with Crippen LogP contribution in [0.3, 0.4) is 0 Å². The highest BCUT2D eigenvalue weighted by atomic mass is 35.5. The van der Waals surface area contributed by atoms with E-state index in [0.29, 0.717) is 5.02 Å². The third kappa shape index (κ3) is 5.19. The summed E-state index contributed by atoms with van der Waals surface area (Å²) >= 11 is 7.52. The van der Waals surface area contributed by atoms with Crippen LogP contribution in [0.5, 0.6) is 0 Å². The summed E-state index contributed by atoms with van der Waals surface area (Å²) in [5.74, 6) is 1.03. The van der Waals surface area contributed by atoms with Crippen LogP contribution in [0.15, 0.2) is 23.4 Å². The molecule has 0 amide bonds. The molecule has 0 aliphatic carbocycles. The van der Waals surface area contributed by atoms with Gasteiger partial charge in [0.05, 0.1) is 10.0 Å². The number of halogens is 1. The Kier molecular flexibility index (Phi) is 5.59. The molecular formula is C12H19ClN2S. The first-order chi connectivity index (χ1) is 7.53. The number of nitrogens with one attached hydrogen (secondary N) is 1. The lowest BCUT2D eigenvalue weighted by Gasteiger charge is -2.24. The molecule has 0 bridgehead atoms. The standard InChI is InChI=1S/C12H19ClN2S/c1-4-12(2,3)15-7-8-16-11-6-5-10(13)9-14-11/h5-6,9,15H,4,7-8H2,1-3H3. The molecule has 1 aromatic rings. The van der Waals surface area contributed by atoms with Gasteiger partial charge in [-0.3, -0.25) is 0 Å². The Morgan fingerprint density at radius 2 is 2.19 bits per heavy atom. The first-order valence-electron chi connectivity index (χ1n) is 5.53. The molecule has 0 saturated carbocycles. The van der Waals surface area contributed by atoms with E-state index in [2.05, 4.69) is 31.1 Å². The molecule has 0 aliphatic heterocycles. The maximum absolute atomic E-state index is 5.77. The molecule has 1 aromatic heterocycles. The Bertz CT molecular complexity index is 311. The first kappa shape index (κ1) is 13.8. The summed E-state index contributed by atoms with van der Waals surface area (Å²) in [5.41, 5.74) is 0.230. The van der Waals surface area contributed by atoms with E-state index in [1.165, 1.54) is 0 Å². The maximum atomic E-state index is 5.77. The van der Waals surface area contributed by atoms with Crippen molar-refractivity contribution in [2.45, 2.75) is 37.8 Å². The topological polar surface area (TPSA) is 24.9 Å². The lowest BCUT2D eigenvalue weighted by Crippen LogP contribution is -2.39. The number of pyridine rings is 1. The smallest absolute Gasteiger partial charge is 0.0961 e. The lowest BCUT2D eigenvalue weighted by molar-refractivity contribution is 0.388. The number of aromatic nitrogens is 1. The minimum atomic E-state index is 0.230. The van der Waals surface area contributed by atoms with E-state index in [-0.39, 0.29) is 5.54 Å². The lowest BCUT2D eigenvalue weighted by atomic mass is 10.0. The van der Waals surface area contributed by atoms with Gasteiger partial charge in [0.15, 0.2) is 0 Å². The predicted molar refractivity (Wildman–Crippen MR) is 72.3 cm³/mol. The molecule has 0 atom stereocenters. The molecule has 0 aromatic carbocycles. The summed E-state index contributed by atoms with van der Waals surface area (Å²) in [6, 6.07) is 3.83. The fourth-order valence-corrected chi connectivity index (χ4v) is 1.93. The molecule has 1 heterocycles. The van der Waals surface area contributed by atoms with Gasteiger partial charge in [-0.05, 0) is 32.4 Å². The molecule has 0 fully saturated rings. The van der Waals surface area contributed by atoms with E-state index in [4.69, 9.17) is 11.6 Å². The van der Waals surface area contributed by atoms with Crippen molar-refractivity contribution in [1.82, 2.24) is 10.3 Å². The highest BCUT2D eigenvalue weighted by molar-refractivity contribution is 7.99. The SMILES string of the molecule is CCC(C)(C)NCCSc1ccc(Cl)cn1. The molecular weight excluding hydrogens is 240 g/mol. The fourth-order valence-electron chi connectivity index (χ4n) is 1.12. The fraction of sp³-hybridized carbons (Fsp3) is 0.583. The number of hydrogen-bond acceptors (Lipinski definition) is 3. The number of rotatable bonds is 6. The Morgan fingerprint density at radius 3 is 2.75 bits per heavy atom. The van der Waals surface area contributed by atoms with Crippen molar-refractivity contribution in [3.8, 4) is 0 Å². The van der Waals surface area contributed by atoms with Crippen molar-refractivity contribution in [2.75, 3.05) is 12.3 Å². The van der Waals surface area contributed by atoms with Crippen LogP contribution in [0, 0.1) is 0 Å². The molecule has 16 heavy (non-hydrogen) atoms. The zero-order valence-electron chi connectivity index (χ0n) is 10.1. The van der Waals surface area contributed by atoms with Crippen LogP contribution in [-0.4, -0.2) is 22.8 Å². The van der Waals surface area contributed by atoms with Gasteiger partial charge in [0.1, 0.15) is 0 Å². The van der Waals surface area contributed by atoms with E-state index in [1.807, 2.05) is 12.1 Å². The van der Waals surface area contributed by atoms with Crippen molar-refractivity contribution < 1.29 is 0 Å². The maximum Gasteiger partial charge on any atom is 0.0961 e. The van der Waals surface area contributed by atoms with Crippen molar-refractivity contribution in [3.05, 3.63) is 23.4 Å². The minimum Gasteiger partial charge on any atom is -0.311 e. The normalized spacial score (nSPS) is 11.8. The molecule has 0 radical (unpaired) electrons. The number of hydrogen-bond donors (Lipinski definition) is 1. The van der Waals surface area contributed by atoms with E-state index in [0.717, 1.165) is 23.7 Å². The molecule has 0 saturated heterocycles. The zero-order valence-corrected chi connectivity index (χ0v) is 11.7. The molecule has 1 rings (SSSR count). The number of nitrogens with zero attached hydrogens (tertiary/aromatic N) is 1. The molecule has 0 unspecified atom stereocenters. The molecule has 1 N–H and O–H groups in total. The third-order valence-corrected chi connectivity index (χ3v) is 3.71. The monoisotopic (exact) mass is 258 g/mol. The Morgan fingerprint density at radius 1 is 1.44 bits per heavy atom. The van der Waals surface area contributed by atoms with Gasteiger partial charge in [0, 0.05) is 24.0 Å². The van der Waals surface area contributed by atoms with Crippen molar-refractivity contribution in [3.63, 3.8) is 0 Å². The van der Waals surface area contributed by atoms with Crippen LogP contribution >= 0.6 is 23.4 Å². The summed E-state index contributed by atoms with van der Waals surface area (Å²) < 4.78 is 0. The highest BCUT2D eigenvalue weighted by Crippen LogP contribution is 2.17. The van der Waals surface area contributed by atoms with Crippen LogP contribution < -0.4 is 5.32 Å². The first-order valence-corrected chi connectivity index (χ1v) is 6.89. The van der Waals surface area contributed by atoms with Crippen LogP contribution in [0.25, 0.3) is 0 Å². The molecule has 90 valence electrons. The Balaban J connectivity index is 2.23. The van der Waals surface area contributed by atoms with Crippen LogP contribution in [0.2, 0.25) is 5.02 Å². The van der Waals surface area contributed by atoms with E-state index >= 15 is 0 Å². The third-order valence-electron chi connectivity index (χ3n) is 2.54. The van der Waals surface area contributed by atoms with E-state index < -0.39 is 0 Å². The number of thioether (sulfide) groups is 1. The predicted octanol–water partition coefficient (Wildman–Crippen LogP) is 3.61. The van der Waals surface area contributed by atoms with Gasteiger partial charge < -0.3 is 5.32 Å². The minimum absolute atomic E-state index is 0.230. The average molecular weight is 259 g/mol. The van der Waals surface area contributed by atoms with Gasteiger partial charge in [-0.1, -0.05) is 18.5 Å². The van der Waals surface area contributed by atoms with Crippen molar-refractivity contribution in [2.24, 2.45) is 0 Å². The second-order valence-corrected chi connectivity index (χ2v) is 5.88. The summed E-state index contributed by atoms with van der Waals surface area (Å²) in [6.07, 6.45) is 2.82. The van der Waals surface area contributed by atoms with Crippen LogP contribution in [0.1, 0.15) is 27.2 Å². The highest BCUT2D eigenvalue weighted by Gasteiger charge is 2.12. The average Bonchev–Trinajstić information content (AvgIpc) is 2.27. The summed E-state index contributed by atoms with van der Waals surface area (Å²) in [4.78, 5) is 4.24. The molecule has 2 nitrogen and oxygen atoms in total. The van der Waals surface area contributed by atoms with Crippen molar-refractivity contribution >= 4 is 23.4 Å². The quantitative estimate of drug-likeness (QED) is 0.623. The molecule has 0 spiro atoms. The molecule has 0 aliphatic rings. The van der Waals surface area contributed by atoms with Gasteiger partial charge in [-0.15, -0.1) is 11.8 Å². The summed E-state index contributed by atoms with van der Waals surface area (Å²) in [6.45, 7) is 7.63. The van der Waals surface area contributed by atoms with Gasteiger partial charge >= 0.3 is 0 Å². The molecule has 4 heteroatoms. The summed E-state index contributed by atoms with van der Waals surface area (Å²) in [5, 5.41) is 5.23. The van der Waals surface area contributed by atoms with Crippen LogP contribution in [-0.2, 0) is 0 Å². The van der Waals surface area contributed by atoms with Gasteiger partial charge in [0.2, 0.25) is 0 Å². The largest absolute Gasteiger partial charge is 0.311 e.